The van der Waals surface area contributed by atoms with E-state index >= 15 is 0 Å². The van der Waals surface area contributed by atoms with Crippen molar-refractivity contribution in [3.63, 3.8) is 0 Å². The average molecular weight is 221 g/mol. The largest absolute Gasteiger partial charge is 0.486 e. The van der Waals surface area contributed by atoms with E-state index in [1.54, 1.807) is 6.20 Å². The van der Waals surface area contributed by atoms with Crippen LogP contribution in [0.5, 0.6) is 11.5 Å². The maximum absolute atomic E-state index is 5.90. The summed E-state index contributed by atoms with van der Waals surface area (Å²) < 4.78 is 11.7. The molecular weight excluding hydrogens is 202 g/mol. The van der Waals surface area contributed by atoms with Crippen LogP contribution in [0.4, 0.5) is 0 Å². The lowest BCUT2D eigenvalue weighted by Crippen LogP contribution is -2.24. The van der Waals surface area contributed by atoms with Crippen LogP contribution in [0.3, 0.4) is 0 Å². The number of nitrogens with zero attached hydrogens (tertiary/aromatic N) is 1. The Labute approximate surface area is 96.8 Å². The maximum Gasteiger partial charge on any atom is 0.183 e. The van der Waals surface area contributed by atoms with Crippen molar-refractivity contribution in [3.05, 3.63) is 18.0 Å². The van der Waals surface area contributed by atoms with Crippen molar-refractivity contribution in [2.75, 3.05) is 0 Å². The van der Waals surface area contributed by atoms with Gasteiger partial charge in [-0.1, -0.05) is 0 Å². The smallest absolute Gasteiger partial charge is 0.183 e. The molecule has 1 heterocycles. The summed E-state index contributed by atoms with van der Waals surface area (Å²) in [5.41, 5.74) is 0.656. The van der Waals surface area contributed by atoms with E-state index in [4.69, 9.17) is 9.47 Å². The van der Waals surface area contributed by atoms with Gasteiger partial charge in [0.15, 0.2) is 11.5 Å². The zero-order chi connectivity index (χ0) is 11.8. The fourth-order valence-corrected chi connectivity index (χ4v) is 1.42. The Kier molecular flexibility index (Phi) is 2.78. The number of pyridine rings is 1. The Bertz CT molecular complexity index is 378. The second-order valence-electron chi connectivity index (χ2n) is 5.26. The molecule has 3 heteroatoms. The zero-order valence-electron chi connectivity index (χ0n) is 10.4. The van der Waals surface area contributed by atoms with Crippen molar-refractivity contribution < 1.29 is 9.47 Å². The average Bonchev–Trinajstić information content (AvgIpc) is 2.93. The van der Waals surface area contributed by atoms with Gasteiger partial charge < -0.3 is 9.47 Å². The van der Waals surface area contributed by atoms with E-state index in [0.29, 0.717) is 6.10 Å². The number of aryl methyl sites for hydroxylation is 1. The predicted octanol–water partition coefficient (Wildman–Crippen LogP) is 3.11. The molecule has 3 nitrogen and oxygen atoms in total. The zero-order valence-corrected chi connectivity index (χ0v) is 10.4. The van der Waals surface area contributed by atoms with E-state index in [9.17, 15) is 0 Å². The van der Waals surface area contributed by atoms with E-state index in [1.807, 2.05) is 33.8 Å². The van der Waals surface area contributed by atoms with Crippen LogP contribution >= 0.6 is 0 Å². The van der Waals surface area contributed by atoms with Crippen molar-refractivity contribution in [2.24, 2.45) is 0 Å². The highest BCUT2D eigenvalue weighted by Crippen LogP contribution is 2.36. The van der Waals surface area contributed by atoms with Crippen LogP contribution < -0.4 is 9.47 Å². The van der Waals surface area contributed by atoms with Gasteiger partial charge in [-0.3, -0.25) is 4.98 Å². The minimum Gasteiger partial charge on any atom is -0.486 e. The van der Waals surface area contributed by atoms with E-state index in [2.05, 4.69) is 4.98 Å². The van der Waals surface area contributed by atoms with E-state index < -0.39 is 0 Å². The molecule has 2 rings (SSSR count). The van der Waals surface area contributed by atoms with Gasteiger partial charge in [0.1, 0.15) is 5.60 Å². The highest BCUT2D eigenvalue weighted by molar-refractivity contribution is 5.42. The van der Waals surface area contributed by atoms with Crippen molar-refractivity contribution in [1.29, 1.82) is 0 Å². The van der Waals surface area contributed by atoms with Gasteiger partial charge in [-0.25, -0.2) is 0 Å². The topological polar surface area (TPSA) is 31.4 Å². The molecule has 1 aliphatic carbocycles. The molecule has 1 aromatic heterocycles. The highest BCUT2D eigenvalue weighted by Gasteiger charge is 2.26. The molecular formula is C13H19NO2. The standard InChI is InChI=1S/C13H19NO2/c1-9-12(16-13(2,3)4)11(7-8-14-9)15-10-5-6-10/h7-8,10H,5-6H2,1-4H3. The maximum atomic E-state index is 5.90. The Hall–Kier alpha value is -1.25. The first-order valence-electron chi connectivity index (χ1n) is 5.77. The first kappa shape index (κ1) is 11.2. The summed E-state index contributed by atoms with van der Waals surface area (Å²) in [6.07, 6.45) is 4.44. The molecule has 0 radical (unpaired) electrons. The molecule has 0 atom stereocenters. The Morgan fingerprint density at radius 1 is 1.31 bits per heavy atom. The summed E-state index contributed by atoms with van der Waals surface area (Å²) in [7, 11) is 0. The van der Waals surface area contributed by atoms with Crippen molar-refractivity contribution in [3.8, 4) is 11.5 Å². The molecule has 16 heavy (non-hydrogen) atoms. The molecule has 1 aromatic rings. The molecule has 0 N–H and O–H groups in total. The monoisotopic (exact) mass is 221 g/mol. The number of hydrogen-bond donors (Lipinski definition) is 0. The lowest BCUT2D eigenvalue weighted by molar-refractivity contribution is 0.120. The van der Waals surface area contributed by atoms with Gasteiger partial charge in [0.25, 0.3) is 0 Å². The van der Waals surface area contributed by atoms with Crippen LogP contribution in [0.25, 0.3) is 0 Å². The summed E-state index contributed by atoms with van der Waals surface area (Å²) >= 11 is 0. The summed E-state index contributed by atoms with van der Waals surface area (Å²) in [6, 6.07) is 1.88. The molecule has 0 bridgehead atoms. The van der Waals surface area contributed by atoms with E-state index in [-0.39, 0.29) is 5.60 Å². The second kappa shape index (κ2) is 3.96. The SMILES string of the molecule is Cc1nccc(OC2CC2)c1OC(C)(C)C. The van der Waals surface area contributed by atoms with E-state index in [0.717, 1.165) is 30.0 Å². The normalized spacial score (nSPS) is 16.0. The van der Waals surface area contributed by atoms with Gasteiger partial charge in [0.2, 0.25) is 0 Å². The first-order chi connectivity index (χ1) is 7.46. The number of rotatable bonds is 3. The van der Waals surface area contributed by atoms with Gasteiger partial charge in [-0.05, 0) is 40.5 Å². The third kappa shape index (κ3) is 2.87. The fourth-order valence-electron chi connectivity index (χ4n) is 1.42. The molecule has 88 valence electrons. The van der Waals surface area contributed by atoms with Gasteiger partial charge in [0.05, 0.1) is 11.8 Å². The minimum atomic E-state index is -0.227. The van der Waals surface area contributed by atoms with Crippen molar-refractivity contribution >= 4 is 0 Å². The van der Waals surface area contributed by atoms with Crippen molar-refractivity contribution in [1.82, 2.24) is 4.98 Å². The molecule has 0 unspecified atom stereocenters. The summed E-state index contributed by atoms with van der Waals surface area (Å²) in [4.78, 5) is 4.25. The molecule has 1 aliphatic rings. The van der Waals surface area contributed by atoms with Gasteiger partial charge >= 0.3 is 0 Å². The molecule has 0 aromatic carbocycles. The van der Waals surface area contributed by atoms with Crippen LogP contribution in [0, 0.1) is 6.92 Å². The number of ether oxygens (including phenoxy) is 2. The van der Waals surface area contributed by atoms with Crippen LogP contribution in [-0.4, -0.2) is 16.7 Å². The molecule has 0 saturated heterocycles. The highest BCUT2D eigenvalue weighted by atomic mass is 16.5. The molecule has 0 aliphatic heterocycles. The van der Waals surface area contributed by atoms with Crippen molar-refractivity contribution in [2.45, 2.75) is 52.2 Å². The summed E-state index contributed by atoms with van der Waals surface area (Å²) in [5, 5.41) is 0. The third-order valence-electron chi connectivity index (χ3n) is 2.27. The van der Waals surface area contributed by atoms with E-state index in [1.165, 1.54) is 0 Å². The Morgan fingerprint density at radius 3 is 2.56 bits per heavy atom. The lowest BCUT2D eigenvalue weighted by Gasteiger charge is -2.24. The van der Waals surface area contributed by atoms with Crippen LogP contribution in [0.2, 0.25) is 0 Å². The van der Waals surface area contributed by atoms with Crippen LogP contribution in [-0.2, 0) is 0 Å². The number of hydrogen-bond acceptors (Lipinski definition) is 3. The molecule has 1 fully saturated rings. The lowest BCUT2D eigenvalue weighted by atomic mass is 10.2. The Morgan fingerprint density at radius 2 is 2.00 bits per heavy atom. The van der Waals surface area contributed by atoms with Gasteiger partial charge in [-0.15, -0.1) is 0 Å². The number of aromatic nitrogens is 1. The molecule has 1 saturated carbocycles. The first-order valence-corrected chi connectivity index (χ1v) is 5.77. The second-order valence-corrected chi connectivity index (χ2v) is 5.26. The molecule has 0 amide bonds. The minimum absolute atomic E-state index is 0.227. The van der Waals surface area contributed by atoms with Crippen LogP contribution in [0.15, 0.2) is 12.3 Å². The van der Waals surface area contributed by atoms with Gasteiger partial charge in [-0.2, -0.15) is 0 Å². The quantitative estimate of drug-likeness (QED) is 0.786. The predicted molar refractivity (Wildman–Crippen MR) is 63.0 cm³/mol. The van der Waals surface area contributed by atoms with Gasteiger partial charge in [0, 0.05) is 12.3 Å². The fraction of sp³-hybridized carbons (Fsp3) is 0.615. The Balaban J connectivity index is 2.24. The summed E-state index contributed by atoms with van der Waals surface area (Å²) in [6.45, 7) is 8.03. The summed E-state index contributed by atoms with van der Waals surface area (Å²) in [5.74, 6) is 1.60. The third-order valence-corrected chi connectivity index (χ3v) is 2.27. The van der Waals surface area contributed by atoms with Crippen LogP contribution in [0.1, 0.15) is 39.3 Å². The molecule has 0 spiro atoms.